The Labute approximate surface area is 232 Å². The summed E-state index contributed by atoms with van der Waals surface area (Å²) in [4.78, 5) is 40.8. The van der Waals surface area contributed by atoms with E-state index in [1.54, 1.807) is 23.5 Å². The Morgan fingerprint density at radius 3 is 2.53 bits per heavy atom. The number of carbonyl (C=O) groups excluding carboxylic acids is 3. The van der Waals surface area contributed by atoms with Crippen molar-refractivity contribution in [3.63, 3.8) is 0 Å². The summed E-state index contributed by atoms with van der Waals surface area (Å²) in [6.07, 6.45) is -7.10. The van der Waals surface area contributed by atoms with Crippen LogP contribution in [-0.2, 0) is 33.9 Å². The van der Waals surface area contributed by atoms with E-state index in [0.717, 1.165) is 0 Å². The van der Waals surface area contributed by atoms with E-state index < -0.39 is 60.0 Å². The molecule has 2 fully saturated rings. The van der Waals surface area contributed by atoms with E-state index in [0.29, 0.717) is 25.2 Å². The van der Waals surface area contributed by atoms with Crippen molar-refractivity contribution in [1.82, 2.24) is 15.1 Å². The molecule has 0 saturated carbocycles. The van der Waals surface area contributed by atoms with Gasteiger partial charge >= 0.3 is 0 Å². The van der Waals surface area contributed by atoms with E-state index in [1.165, 1.54) is 18.2 Å². The van der Waals surface area contributed by atoms with E-state index in [4.69, 9.17) is 14.3 Å². The Bertz CT molecular complexity index is 1590. The number of halogens is 1. The van der Waals surface area contributed by atoms with Crippen molar-refractivity contribution < 1.29 is 33.1 Å². The fraction of sp³-hybridized carbons (Fsp3) is 0.483. The molecule has 0 bridgehead atoms. The maximum Gasteiger partial charge on any atom is 0.255 e. The van der Waals surface area contributed by atoms with Crippen LogP contribution in [0.4, 0.5) is 10.1 Å². The zero-order chi connectivity index (χ0) is 33.5. The minimum Gasteiger partial charge on any atom is -0.381 e. The third kappa shape index (κ3) is 5.31. The van der Waals surface area contributed by atoms with Crippen molar-refractivity contribution in [3.05, 3.63) is 64.5 Å². The van der Waals surface area contributed by atoms with Crippen molar-refractivity contribution >= 4 is 23.4 Å². The molecule has 0 radical (unpaired) electrons. The number of benzene rings is 2. The van der Waals surface area contributed by atoms with Crippen molar-refractivity contribution in [2.45, 2.75) is 77.2 Å². The molecule has 2 aromatic carbocycles. The average molecular weight is 530 g/mol. The fourth-order valence-corrected chi connectivity index (χ4v) is 5.34. The number of piperidine rings is 1. The Kier molecular flexibility index (Phi) is 4.86. The lowest BCUT2D eigenvalue weighted by Crippen LogP contribution is -2.56. The number of hydrogen-bond acceptors (Lipinski definition) is 6. The van der Waals surface area contributed by atoms with Gasteiger partial charge < -0.3 is 15.0 Å². The largest absolute Gasteiger partial charge is 0.381 e. The van der Waals surface area contributed by atoms with Crippen LogP contribution in [-0.4, -0.2) is 57.8 Å². The number of hydrogen-bond donors (Lipinski definition) is 2. The lowest BCUT2D eigenvalue weighted by molar-refractivity contribution is -0.182. The number of carbonyl (C=O) groups is 3. The number of ether oxygens (including phenoxy) is 1. The second-order valence-corrected chi connectivity index (χ2v) is 10.9. The van der Waals surface area contributed by atoms with Crippen molar-refractivity contribution in [3.8, 4) is 0 Å². The summed E-state index contributed by atoms with van der Waals surface area (Å²) in [5.41, 5.74) is -0.767. The molecule has 3 aliphatic heterocycles. The lowest BCUT2D eigenvalue weighted by Gasteiger charge is -2.47. The van der Waals surface area contributed by atoms with Gasteiger partial charge in [0, 0.05) is 72.5 Å². The molecule has 9 heteroatoms. The van der Waals surface area contributed by atoms with Crippen LogP contribution in [0.2, 0.25) is 0 Å². The summed E-state index contributed by atoms with van der Waals surface area (Å²) >= 11 is 0. The zero-order valence-corrected chi connectivity index (χ0v) is 21.7. The van der Waals surface area contributed by atoms with Crippen LogP contribution in [0, 0.1) is 5.82 Å². The molecule has 1 atom stereocenters. The van der Waals surface area contributed by atoms with Crippen molar-refractivity contribution in [2.24, 2.45) is 0 Å². The number of fused-ring (bicyclic) bond motifs is 1. The van der Waals surface area contributed by atoms with Gasteiger partial charge in [-0.25, -0.2) is 4.39 Å². The van der Waals surface area contributed by atoms with E-state index in [2.05, 4.69) is 10.2 Å². The second kappa shape index (κ2) is 9.78. The van der Waals surface area contributed by atoms with E-state index in [1.807, 2.05) is 27.7 Å². The number of nitrogens with one attached hydrogen (secondary N) is 2. The molecule has 1 unspecified atom stereocenters. The highest BCUT2D eigenvalue weighted by atomic mass is 19.1. The molecule has 0 aliphatic carbocycles. The summed E-state index contributed by atoms with van der Waals surface area (Å²) < 4.78 is 80.8. The monoisotopic (exact) mass is 529 g/mol. The molecule has 3 aliphatic rings. The molecule has 2 aromatic rings. The first kappa shape index (κ1) is 18.9. The van der Waals surface area contributed by atoms with Gasteiger partial charge in [-0.05, 0) is 46.2 Å². The molecular formula is C29H35FN4O4. The zero-order valence-electron chi connectivity index (χ0n) is 28.7. The van der Waals surface area contributed by atoms with Crippen LogP contribution in [0.1, 0.15) is 77.1 Å². The highest BCUT2D eigenvalue weighted by Crippen LogP contribution is 2.33. The molecule has 202 valence electrons. The highest BCUT2D eigenvalue weighted by molar-refractivity contribution is 6.06. The highest BCUT2D eigenvalue weighted by Gasteiger charge is 2.40. The molecule has 38 heavy (non-hydrogen) atoms. The molecule has 8 nitrogen and oxygen atoms in total. The summed E-state index contributed by atoms with van der Waals surface area (Å²) in [5, 5.41) is 4.53. The number of anilines is 1. The van der Waals surface area contributed by atoms with E-state index in [9.17, 15) is 14.4 Å². The van der Waals surface area contributed by atoms with Gasteiger partial charge in [-0.15, -0.1) is 0 Å². The number of amides is 3. The number of imide groups is 1. The molecule has 2 N–H and O–H groups in total. The maximum absolute atomic E-state index is 15.8. The van der Waals surface area contributed by atoms with Gasteiger partial charge in [-0.1, -0.05) is 24.3 Å². The van der Waals surface area contributed by atoms with Crippen molar-refractivity contribution in [1.29, 1.82) is 0 Å². The third-order valence-electron chi connectivity index (χ3n) is 6.47. The summed E-state index contributed by atoms with van der Waals surface area (Å²) in [5.74, 6) is -5.04. The van der Waals surface area contributed by atoms with Gasteiger partial charge in [0.25, 0.3) is 5.91 Å². The average Bonchev–Trinajstić information content (AvgIpc) is 3.11. The topological polar surface area (TPSA) is 91.0 Å². The van der Waals surface area contributed by atoms with Gasteiger partial charge in [0.1, 0.15) is 11.8 Å². The normalized spacial score (nSPS) is 31.4. The molecule has 3 heterocycles. The summed E-state index contributed by atoms with van der Waals surface area (Å²) in [6, 6.07) is 5.49. The molecule has 2 saturated heterocycles. The number of nitrogens with zero attached hydrogens (tertiary/aromatic N) is 2. The minimum absolute atomic E-state index is 0.0225. The lowest BCUT2D eigenvalue weighted by atomic mass is 9.98. The van der Waals surface area contributed by atoms with Gasteiger partial charge in [-0.2, -0.15) is 0 Å². The Balaban J connectivity index is 1.44. The van der Waals surface area contributed by atoms with Crippen LogP contribution >= 0.6 is 0 Å². The van der Waals surface area contributed by atoms with Crippen LogP contribution in [0.5, 0.6) is 0 Å². The van der Waals surface area contributed by atoms with E-state index in [-0.39, 0.29) is 33.8 Å². The van der Waals surface area contributed by atoms with Crippen molar-refractivity contribution in [2.75, 3.05) is 18.4 Å². The van der Waals surface area contributed by atoms with Gasteiger partial charge in [-0.3, -0.25) is 24.6 Å². The SMILES string of the molecule is [2H]C1([2H])c2c(NCc3cccc(CN4CC(C)(C)OC(C)(C)C4)c3F)cccc2C(=O)N1C1([2H])C(=O)NC(=O)C([2H])([2H])C1([2H])[2H]. The standard InChI is InChI=1S/C29H35FN4O4/c1-28(2)16-33(17-29(3,4)38-28)14-19-8-5-7-18(25(19)30)13-31-22-10-6-9-20-21(22)15-34(27(20)37)23-11-12-24(35)32-26(23)36/h5-10,23,31H,11-17H2,1-4H3,(H,32,35,36)/i11D2,12D2,15D2,23D. The van der Waals surface area contributed by atoms with Gasteiger partial charge in [0.15, 0.2) is 0 Å². The Hall–Kier alpha value is -3.30. The van der Waals surface area contributed by atoms with Crippen LogP contribution < -0.4 is 10.6 Å². The van der Waals surface area contributed by atoms with Crippen LogP contribution in [0.15, 0.2) is 36.4 Å². The number of rotatable bonds is 6. The first-order valence-electron chi connectivity index (χ1n) is 15.8. The quantitative estimate of drug-likeness (QED) is 0.556. The molecular weight excluding hydrogens is 487 g/mol. The van der Waals surface area contributed by atoms with Gasteiger partial charge in [0.05, 0.1) is 15.3 Å². The van der Waals surface area contributed by atoms with Crippen LogP contribution in [0.3, 0.4) is 0 Å². The molecule has 3 amide bonds. The Morgan fingerprint density at radius 2 is 1.79 bits per heavy atom. The molecule has 5 rings (SSSR count). The molecule has 0 aromatic heterocycles. The number of morpholine rings is 1. The Morgan fingerprint density at radius 1 is 1.11 bits per heavy atom. The summed E-state index contributed by atoms with van der Waals surface area (Å²) in [6.45, 7) is 6.28. The smallest absolute Gasteiger partial charge is 0.255 e. The third-order valence-corrected chi connectivity index (χ3v) is 6.47. The maximum atomic E-state index is 15.8. The first-order chi connectivity index (χ1) is 20.6. The van der Waals surface area contributed by atoms with Crippen LogP contribution in [0.25, 0.3) is 0 Å². The minimum atomic E-state index is -3.65. The predicted octanol–water partition coefficient (Wildman–Crippen LogP) is 3.59. The van der Waals surface area contributed by atoms with Gasteiger partial charge in [0.2, 0.25) is 11.8 Å². The second-order valence-electron chi connectivity index (χ2n) is 10.9. The predicted molar refractivity (Wildman–Crippen MR) is 141 cm³/mol. The van der Waals surface area contributed by atoms with E-state index >= 15 is 4.39 Å². The summed E-state index contributed by atoms with van der Waals surface area (Å²) in [7, 11) is 0. The fourth-order valence-electron chi connectivity index (χ4n) is 5.34. The first-order valence-corrected chi connectivity index (χ1v) is 12.3. The molecule has 0 spiro atoms.